The molecule has 4 N–H and O–H groups in total. The van der Waals surface area contributed by atoms with E-state index in [-0.39, 0.29) is 30.8 Å². The number of carbonyl (C=O) groups excluding carboxylic acids is 2. The second-order valence-electron chi connectivity index (χ2n) is 3.93. The normalized spacial score (nSPS) is 10.3. The molecule has 20 heavy (non-hydrogen) atoms. The lowest BCUT2D eigenvalue weighted by Crippen LogP contribution is -2.43. The third-order valence-corrected chi connectivity index (χ3v) is 1.95. The lowest BCUT2D eigenvalue weighted by atomic mass is 10.2. The van der Waals surface area contributed by atoms with Gasteiger partial charge < -0.3 is 16.2 Å². The Morgan fingerprint density at radius 2 is 1.65 bits per heavy atom. The first-order valence-corrected chi connectivity index (χ1v) is 6.64. The summed E-state index contributed by atoms with van der Waals surface area (Å²) in [6, 6.07) is -0.177. The summed E-state index contributed by atoms with van der Waals surface area (Å²) >= 11 is 0. The van der Waals surface area contributed by atoms with Crippen LogP contribution >= 0.6 is 0 Å². The van der Waals surface area contributed by atoms with Gasteiger partial charge in [0.1, 0.15) is 0 Å². The third kappa shape index (κ3) is 18.7. The van der Waals surface area contributed by atoms with Crippen molar-refractivity contribution in [1.29, 1.82) is 0 Å². The number of aliphatic carboxylic acids is 1. The number of likely N-dealkylation sites (N-methyl/N-ethyl adjacent to an activating group) is 1. The van der Waals surface area contributed by atoms with Crippen molar-refractivity contribution >= 4 is 17.8 Å². The van der Waals surface area contributed by atoms with E-state index < -0.39 is 5.97 Å². The van der Waals surface area contributed by atoms with Crippen molar-refractivity contribution in [3.8, 4) is 0 Å². The topological polar surface area (TPSA) is 113 Å². The quantitative estimate of drug-likeness (QED) is 0.486. The Balaban J connectivity index is -0.000000410. The molecule has 0 aliphatic rings. The van der Waals surface area contributed by atoms with Crippen LogP contribution in [0.1, 0.15) is 40.5 Å². The zero-order chi connectivity index (χ0) is 16.7. The van der Waals surface area contributed by atoms with Crippen LogP contribution in [-0.4, -0.2) is 54.5 Å². The largest absolute Gasteiger partial charge is 0.481 e. The molecular formula is C13H29N3O4. The minimum atomic E-state index is -0.900. The van der Waals surface area contributed by atoms with Gasteiger partial charge in [0.05, 0.1) is 12.5 Å². The Morgan fingerprint density at radius 1 is 1.25 bits per heavy atom. The molecule has 0 bridgehead atoms. The van der Waals surface area contributed by atoms with E-state index in [9.17, 15) is 14.4 Å². The van der Waals surface area contributed by atoms with E-state index in [1.54, 1.807) is 0 Å². The van der Waals surface area contributed by atoms with E-state index >= 15 is 0 Å². The molecular weight excluding hydrogens is 267 g/mol. The molecule has 0 fully saturated rings. The Bertz CT molecular complexity index is 277. The smallest absolute Gasteiger partial charge is 0.305 e. The predicted molar refractivity (Wildman–Crippen MR) is 79.2 cm³/mol. The van der Waals surface area contributed by atoms with Crippen molar-refractivity contribution in [2.24, 2.45) is 5.73 Å². The third-order valence-electron chi connectivity index (χ3n) is 1.95. The van der Waals surface area contributed by atoms with Crippen LogP contribution in [0.3, 0.4) is 0 Å². The van der Waals surface area contributed by atoms with E-state index in [1.807, 2.05) is 39.8 Å². The van der Waals surface area contributed by atoms with Gasteiger partial charge in [-0.15, -0.1) is 0 Å². The number of carboxylic acid groups (broad SMARTS) is 1. The maximum atomic E-state index is 11.5. The fourth-order valence-corrected chi connectivity index (χ4v) is 1.20. The summed E-state index contributed by atoms with van der Waals surface area (Å²) in [5.41, 5.74) is 4.47. The first kappa shape index (κ1) is 23.5. The highest BCUT2D eigenvalue weighted by molar-refractivity contribution is 5.82. The van der Waals surface area contributed by atoms with Gasteiger partial charge in [-0.3, -0.25) is 19.3 Å². The van der Waals surface area contributed by atoms with Crippen LogP contribution < -0.4 is 11.1 Å². The monoisotopic (exact) mass is 296 g/mol. The minimum Gasteiger partial charge on any atom is -0.481 e. The SMILES string of the molecule is CC(N)=O.CN(C)C(C[13CH3])C(=O)[15NH][13CH2]CC(=O)O.[13CH3][13CH3]. The van der Waals surface area contributed by atoms with Gasteiger partial charge in [-0.2, -0.15) is 0 Å². The van der Waals surface area contributed by atoms with E-state index in [4.69, 9.17) is 5.11 Å². The molecule has 0 aromatic heterocycles. The lowest BCUT2D eigenvalue weighted by Gasteiger charge is -2.21. The van der Waals surface area contributed by atoms with Crippen molar-refractivity contribution in [2.75, 3.05) is 20.6 Å². The van der Waals surface area contributed by atoms with Crippen LogP contribution in [0.5, 0.6) is 0 Å². The van der Waals surface area contributed by atoms with Gasteiger partial charge >= 0.3 is 5.97 Å². The average molecular weight is 296 g/mol. The summed E-state index contributed by atoms with van der Waals surface area (Å²) < 4.78 is 0. The molecule has 0 saturated heterocycles. The number of primary amides is 1. The van der Waals surface area contributed by atoms with E-state index in [0.29, 0.717) is 6.42 Å². The van der Waals surface area contributed by atoms with E-state index in [0.717, 1.165) is 0 Å². The van der Waals surface area contributed by atoms with E-state index in [2.05, 4.69) is 11.1 Å². The fraction of sp³-hybridized carbons (Fsp3) is 0.769. The molecule has 1 atom stereocenters. The molecule has 0 aromatic carbocycles. The first-order valence-electron chi connectivity index (χ1n) is 6.64. The molecule has 2 amide bonds. The standard InChI is InChI=1S/C9H18N2O3.C2H5NO.C2H6/c1-4-7(11(2)3)9(14)10-6-5-8(12)13;1-2(3)4;1-2/h7H,4-6H2,1-3H3,(H,10,14)(H,12,13);1H3,(H2,3,4);1-2H3/i1+1,6+1,10+1;;1+1,2+1. The number of amides is 2. The molecule has 0 aliphatic carbocycles. The summed E-state index contributed by atoms with van der Waals surface area (Å²) in [5.74, 6) is -1.35. The predicted octanol–water partition coefficient (Wildman–Crippen LogP) is 0.435. The van der Waals surface area contributed by atoms with Crippen molar-refractivity contribution in [3.05, 3.63) is 0 Å². The number of hydrogen-bond acceptors (Lipinski definition) is 4. The molecule has 0 spiro atoms. The van der Waals surface area contributed by atoms with Gasteiger partial charge in [-0.25, -0.2) is 0 Å². The number of nitrogens with two attached hydrogens (primary N) is 1. The highest BCUT2D eigenvalue weighted by Crippen LogP contribution is 1.98. The highest BCUT2D eigenvalue weighted by Gasteiger charge is 2.17. The first-order chi connectivity index (χ1) is 9.22. The molecule has 7 heteroatoms. The van der Waals surface area contributed by atoms with Crippen molar-refractivity contribution in [2.45, 2.75) is 46.6 Å². The maximum absolute atomic E-state index is 11.5. The van der Waals surface area contributed by atoms with Crippen molar-refractivity contribution < 1.29 is 19.5 Å². The lowest BCUT2D eigenvalue weighted by molar-refractivity contribution is -0.137. The summed E-state index contributed by atoms with van der Waals surface area (Å²) in [6.07, 6.45) is 0.682. The molecule has 1 unspecified atom stereocenters. The van der Waals surface area contributed by atoms with Gasteiger partial charge in [0, 0.05) is 13.5 Å². The Morgan fingerprint density at radius 3 is 1.90 bits per heavy atom. The van der Waals surface area contributed by atoms with Crippen LogP contribution in [0.2, 0.25) is 0 Å². The fourth-order valence-electron chi connectivity index (χ4n) is 1.20. The van der Waals surface area contributed by atoms with Crippen molar-refractivity contribution in [3.63, 3.8) is 0 Å². The van der Waals surface area contributed by atoms with Crippen LogP contribution in [0.15, 0.2) is 0 Å². The number of nitrogens with zero attached hydrogens (tertiary/aromatic N) is 1. The van der Waals surface area contributed by atoms with Crippen LogP contribution in [-0.2, 0) is 14.4 Å². The van der Waals surface area contributed by atoms with Crippen LogP contribution in [0, 0.1) is 0 Å². The second kappa shape index (κ2) is 15.4. The zero-order valence-corrected chi connectivity index (χ0v) is 13.4. The van der Waals surface area contributed by atoms with Crippen LogP contribution in [0.4, 0.5) is 0 Å². The molecule has 7 nitrogen and oxygen atoms in total. The van der Waals surface area contributed by atoms with Crippen molar-refractivity contribution in [1.82, 2.24) is 10.2 Å². The number of nitrogens with one attached hydrogen (secondary N) is 1. The molecule has 0 aromatic rings. The van der Waals surface area contributed by atoms with Gasteiger partial charge in [0.25, 0.3) is 0 Å². The number of hydrogen-bond donors (Lipinski definition) is 3. The molecule has 0 rings (SSSR count). The highest BCUT2D eigenvalue weighted by atomic mass is 16.4. The summed E-state index contributed by atoms with van der Waals surface area (Å²) in [4.78, 5) is 32.7. The Labute approximate surface area is 121 Å². The maximum Gasteiger partial charge on any atom is 0.305 e. The van der Waals surface area contributed by atoms with Gasteiger partial charge in [0.15, 0.2) is 0 Å². The molecule has 120 valence electrons. The summed E-state index contributed by atoms with van der Waals surface area (Å²) in [5, 5.41) is 11.0. The molecule has 0 aliphatic heterocycles. The summed E-state index contributed by atoms with van der Waals surface area (Å²) in [7, 11) is 3.65. The molecule has 0 saturated carbocycles. The zero-order valence-electron chi connectivity index (χ0n) is 13.4. The second-order valence-corrected chi connectivity index (χ2v) is 3.93. The molecule has 0 heterocycles. The van der Waals surface area contributed by atoms with Gasteiger partial charge in [0.2, 0.25) is 11.8 Å². The summed E-state index contributed by atoms with van der Waals surface area (Å²) in [6.45, 7) is 7.42. The minimum absolute atomic E-state index is 0.0321. The van der Waals surface area contributed by atoms with Gasteiger partial charge in [-0.1, -0.05) is 20.8 Å². The van der Waals surface area contributed by atoms with E-state index in [1.165, 1.54) is 6.92 Å². The number of carboxylic acids is 1. The van der Waals surface area contributed by atoms with Crippen LogP contribution in [0.25, 0.3) is 0 Å². The Kier molecular flexibility index (Phi) is 18.1. The van der Waals surface area contributed by atoms with Gasteiger partial charge in [-0.05, 0) is 20.5 Å². The Hall–Kier alpha value is -1.63. The number of carbonyl (C=O) groups is 3. The average Bonchev–Trinajstić information content (AvgIpc) is 2.30. The molecule has 0 radical (unpaired) electrons. The number of rotatable bonds is 6.